The van der Waals surface area contributed by atoms with Crippen molar-refractivity contribution in [2.75, 3.05) is 6.61 Å². The van der Waals surface area contributed by atoms with Crippen LogP contribution in [-0.2, 0) is 19.1 Å². The van der Waals surface area contributed by atoms with Gasteiger partial charge in [0.2, 0.25) is 5.78 Å². The molecular formula is C25H32O5. The van der Waals surface area contributed by atoms with E-state index in [4.69, 9.17) is 4.74 Å². The van der Waals surface area contributed by atoms with E-state index in [1.807, 2.05) is 19.9 Å². The lowest BCUT2D eigenvalue weighted by Gasteiger charge is -2.53. The molecule has 0 aliphatic heterocycles. The highest BCUT2D eigenvalue weighted by molar-refractivity contribution is 6.01. The van der Waals surface area contributed by atoms with Crippen molar-refractivity contribution in [2.45, 2.75) is 65.4 Å². The number of carbonyl (C=O) groups excluding carboxylic acids is 3. The summed E-state index contributed by atoms with van der Waals surface area (Å²) in [5.74, 6) is -0.522. The van der Waals surface area contributed by atoms with Gasteiger partial charge in [-0.15, -0.1) is 0 Å². The smallest absolute Gasteiger partial charge is 0.305 e. The first-order valence-corrected chi connectivity index (χ1v) is 11.1. The summed E-state index contributed by atoms with van der Waals surface area (Å²) >= 11 is 0. The van der Waals surface area contributed by atoms with Crippen LogP contribution in [0.1, 0.15) is 59.8 Å². The topological polar surface area (TPSA) is 80.7 Å². The average Bonchev–Trinajstić information content (AvgIpc) is 2.93. The van der Waals surface area contributed by atoms with Crippen molar-refractivity contribution in [3.8, 4) is 0 Å². The Morgan fingerprint density at radius 3 is 2.73 bits per heavy atom. The Morgan fingerprint density at radius 1 is 1.30 bits per heavy atom. The molecule has 0 radical (unpaired) electrons. The molecule has 162 valence electrons. The van der Waals surface area contributed by atoms with E-state index in [1.165, 1.54) is 11.1 Å². The third kappa shape index (κ3) is 2.74. The van der Waals surface area contributed by atoms with Crippen LogP contribution in [0.15, 0.2) is 35.5 Å². The maximum absolute atomic E-state index is 13.1. The number of ether oxygens (including phenoxy) is 1. The van der Waals surface area contributed by atoms with Crippen LogP contribution in [0.4, 0.5) is 0 Å². The highest BCUT2D eigenvalue weighted by Crippen LogP contribution is 2.66. The van der Waals surface area contributed by atoms with E-state index in [0.717, 1.165) is 19.3 Å². The monoisotopic (exact) mass is 412 g/mol. The maximum atomic E-state index is 13.1. The van der Waals surface area contributed by atoms with Crippen molar-refractivity contribution in [3.63, 3.8) is 0 Å². The number of Topliss-reactive ketones (excluding diaryl/α,β-unsaturated/α-hetero) is 1. The second kappa shape index (κ2) is 7.01. The summed E-state index contributed by atoms with van der Waals surface area (Å²) in [6, 6.07) is 0. The van der Waals surface area contributed by atoms with Crippen LogP contribution in [0, 0.1) is 28.6 Å². The zero-order valence-electron chi connectivity index (χ0n) is 18.4. The third-order valence-corrected chi connectivity index (χ3v) is 8.61. The first-order valence-electron chi connectivity index (χ1n) is 11.1. The van der Waals surface area contributed by atoms with Gasteiger partial charge < -0.3 is 9.84 Å². The van der Waals surface area contributed by atoms with Crippen molar-refractivity contribution in [2.24, 2.45) is 28.6 Å². The van der Waals surface area contributed by atoms with Gasteiger partial charge >= 0.3 is 5.97 Å². The summed E-state index contributed by atoms with van der Waals surface area (Å²) in [4.78, 5) is 36.6. The molecule has 0 unspecified atom stereocenters. The van der Waals surface area contributed by atoms with Gasteiger partial charge in [-0.3, -0.25) is 14.4 Å². The maximum Gasteiger partial charge on any atom is 0.305 e. The second-order valence-corrected chi connectivity index (χ2v) is 9.98. The van der Waals surface area contributed by atoms with Crippen LogP contribution >= 0.6 is 0 Å². The molecule has 5 nitrogen and oxygen atoms in total. The molecule has 0 aromatic heterocycles. The lowest BCUT2D eigenvalue weighted by atomic mass is 9.51. The molecule has 0 saturated heterocycles. The Kier molecular flexibility index (Phi) is 4.96. The van der Waals surface area contributed by atoms with E-state index in [2.05, 4.69) is 13.0 Å². The number of ketones is 2. The molecule has 1 N–H and O–H groups in total. The number of esters is 1. The van der Waals surface area contributed by atoms with Gasteiger partial charge in [-0.05, 0) is 62.5 Å². The van der Waals surface area contributed by atoms with Gasteiger partial charge in [0.1, 0.15) is 5.60 Å². The molecule has 0 aromatic rings. The number of hydrogen-bond donors (Lipinski definition) is 1. The van der Waals surface area contributed by atoms with Crippen LogP contribution in [0.2, 0.25) is 0 Å². The zero-order chi connectivity index (χ0) is 21.9. The predicted molar refractivity (Wildman–Crippen MR) is 112 cm³/mol. The number of rotatable bonds is 4. The normalized spacial score (nSPS) is 41.9. The first kappa shape index (κ1) is 21.2. The molecule has 0 aromatic carbocycles. The fraction of sp³-hybridized carbons (Fsp3) is 0.640. The van der Waals surface area contributed by atoms with Gasteiger partial charge in [0.25, 0.3) is 0 Å². The number of allylic oxidation sites excluding steroid dienone is 6. The van der Waals surface area contributed by atoms with Gasteiger partial charge in [0, 0.05) is 17.3 Å². The highest BCUT2D eigenvalue weighted by atomic mass is 16.5. The summed E-state index contributed by atoms with van der Waals surface area (Å²) in [5, 5.41) is 11.7. The lowest BCUT2D eigenvalue weighted by Crippen LogP contribution is -2.57. The summed E-state index contributed by atoms with van der Waals surface area (Å²) in [7, 11) is 0. The minimum atomic E-state index is -1.51. The average molecular weight is 413 g/mol. The highest BCUT2D eigenvalue weighted by Gasteiger charge is 2.67. The molecule has 0 heterocycles. The third-order valence-electron chi connectivity index (χ3n) is 8.61. The summed E-state index contributed by atoms with van der Waals surface area (Å²) in [5.41, 5.74) is 0.144. The lowest BCUT2D eigenvalue weighted by molar-refractivity contribution is -0.167. The molecule has 4 aliphatic carbocycles. The number of hydrogen-bond acceptors (Lipinski definition) is 5. The van der Waals surface area contributed by atoms with Gasteiger partial charge in [0.05, 0.1) is 0 Å². The number of carbonyl (C=O) groups is 3. The van der Waals surface area contributed by atoms with Crippen LogP contribution < -0.4 is 0 Å². The SMILES string of the molecule is CCC(=O)OCC(=O)[C@@]1(O)[C@H](C)C[C@H]2[C@@H]3CCC4=CC(=O)C=C[C@]4(C)C3=CC[C@@]21C. The van der Waals surface area contributed by atoms with E-state index in [1.54, 1.807) is 19.1 Å². The van der Waals surface area contributed by atoms with Gasteiger partial charge in [-0.2, -0.15) is 0 Å². The van der Waals surface area contributed by atoms with Crippen molar-refractivity contribution in [1.82, 2.24) is 0 Å². The predicted octanol–water partition coefficient (Wildman–Crippen LogP) is 3.71. The largest absolute Gasteiger partial charge is 0.458 e. The summed E-state index contributed by atoms with van der Waals surface area (Å²) in [6.07, 6.45) is 11.0. The van der Waals surface area contributed by atoms with E-state index in [9.17, 15) is 19.5 Å². The minimum absolute atomic E-state index is 0.0539. The van der Waals surface area contributed by atoms with Gasteiger partial charge in [0.15, 0.2) is 12.4 Å². The fourth-order valence-corrected chi connectivity index (χ4v) is 6.82. The van der Waals surface area contributed by atoms with E-state index in [0.29, 0.717) is 6.42 Å². The van der Waals surface area contributed by atoms with Crippen LogP contribution in [0.5, 0.6) is 0 Å². The molecule has 5 heteroatoms. The molecular weight excluding hydrogens is 380 g/mol. The van der Waals surface area contributed by atoms with Gasteiger partial charge in [-0.25, -0.2) is 0 Å². The van der Waals surface area contributed by atoms with Crippen molar-refractivity contribution >= 4 is 17.5 Å². The Bertz CT molecular complexity index is 895. The van der Waals surface area contributed by atoms with Crippen molar-refractivity contribution in [3.05, 3.63) is 35.5 Å². The molecule has 4 aliphatic rings. The molecule has 0 spiro atoms. The van der Waals surface area contributed by atoms with Gasteiger partial charge in [-0.1, -0.05) is 44.1 Å². The van der Waals surface area contributed by atoms with E-state index < -0.39 is 17.0 Å². The number of aliphatic hydroxyl groups is 1. The first-order chi connectivity index (χ1) is 14.1. The molecule has 2 fully saturated rings. The van der Waals surface area contributed by atoms with Crippen LogP contribution in [0.3, 0.4) is 0 Å². The standard InChI is InChI=1S/C25H32O5/c1-5-22(28)30-14-21(27)25(29)15(2)12-20-18-7-6-16-13-17(26)8-10-23(16,3)19(18)9-11-24(20,25)4/h8-10,13,15,18,20,29H,5-7,11-12,14H2,1-4H3/t15-,18-,20+,23+,24+,25+/m1/s1. The van der Waals surface area contributed by atoms with E-state index >= 15 is 0 Å². The number of fused-ring (bicyclic) bond motifs is 5. The Labute approximate surface area is 178 Å². The van der Waals surface area contributed by atoms with Crippen molar-refractivity contribution < 1.29 is 24.2 Å². The molecule has 2 saturated carbocycles. The summed E-state index contributed by atoms with van der Waals surface area (Å²) < 4.78 is 5.09. The Hall–Kier alpha value is -2.01. The quantitative estimate of drug-likeness (QED) is 0.562. The fourth-order valence-electron chi connectivity index (χ4n) is 6.82. The second-order valence-electron chi connectivity index (χ2n) is 9.98. The molecule has 30 heavy (non-hydrogen) atoms. The van der Waals surface area contributed by atoms with Crippen LogP contribution in [0.25, 0.3) is 0 Å². The zero-order valence-corrected chi connectivity index (χ0v) is 18.4. The molecule has 0 amide bonds. The van der Waals surface area contributed by atoms with Crippen molar-refractivity contribution in [1.29, 1.82) is 0 Å². The molecule has 6 atom stereocenters. The van der Waals surface area contributed by atoms with E-state index in [-0.39, 0.29) is 47.8 Å². The van der Waals surface area contributed by atoms with Crippen LogP contribution in [-0.4, -0.2) is 34.9 Å². The Morgan fingerprint density at radius 2 is 2.03 bits per heavy atom. The molecule has 0 bridgehead atoms. The summed E-state index contributed by atoms with van der Waals surface area (Å²) in [6.45, 7) is 7.47. The molecule has 4 rings (SSSR count). The Balaban J connectivity index is 1.68. The minimum Gasteiger partial charge on any atom is -0.458 e.